The first-order valence-corrected chi connectivity index (χ1v) is 8.16. The van der Waals surface area contributed by atoms with Gasteiger partial charge in [0.2, 0.25) is 5.91 Å². The number of aromatic nitrogens is 1. The number of carbonyl (C=O) groups is 1. The summed E-state index contributed by atoms with van der Waals surface area (Å²) in [5, 5.41) is 7.62. The summed E-state index contributed by atoms with van der Waals surface area (Å²) < 4.78 is 0. The first kappa shape index (κ1) is 15.6. The Labute approximate surface area is 137 Å². The van der Waals surface area contributed by atoms with Gasteiger partial charge in [0.1, 0.15) is 0 Å². The molecule has 0 unspecified atom stereocenters. The van der Waals surface area contributed by atoms with E-state index in [2.05, 4.69) is 53.6 Å². The molecule has 1 aliphatic rings. The van der Waals surface area contributed by atoms with Crippen LogP contribution in [-0.4, -0.2) is 23.5 Å². The number of hydrogen-bond acceptors (Lipinski definition) is 2. The van der Waals surface area contributed by atoms with E-state index in [1.165, 1.54) is 16.5 Å². The molecule has 2 aromatic rings. The molecule has 0 bridgehead atoms. The van der Waals surface area contributed by atoms with E-state index < -0.39 is 0 Å². The highest BCUT2D eigenvalue weighted by atomic mass is 16.2. The molecule has 2 heterocycles. The molecule has 0 saturated carbocycles. The van der Waals surface area contributed by atoms with Gasteiger partial charge in [-0.1, -0.05) is 31.9 Å². The first-order chi connectivity index (χ1) is 11.1. The fourth-order valence-electron chi connectivity index (χ4n) is 3.44. The summed E-state index contributed by atoms with van der Waals surface area (Å²) in [5.41, 5.74) is 3.60. The number of terminal acetylenes is 1. The third-order valence-electron chi connectivity index (χ3n) is 4.41. The fourth-order valence-corrected chi connectivity index (χ4v) is 3.44. The van der Waals surface area contributed by atoms with E-state index in [0.717, 1.165) is 11.9 Å². The van der Waals surface area contributed by atoms with Crippen molar-refractivity contribution in [3.05, 3.63) is 35.5 Å². The zero-order valence-electron chi connectivity index (χ0n) is 13.6. The highest BCUT2D eigenvalue weighted by Crippen LogP contribution is 2.34. The van der Waals surface area contributed by atoms with Crippen LogP contribution in [0.15, 0.2) is 24.4 Å². The van der Waals surface area contributed by atoms with Crippen molar-refractivity contribution in [2.45, 2.75) is 38.8 Å². The number of H-pyrrole nitrogens is 1. The molecule has 0 saturated heterocycles. The third kappa shape index (κ3) is 3.11. The molecule has 120 valence electrons. The Morgan fingerprint density at radius 3 is 3.04 bits per heavy atom. The second kappa shape index (κ2) is 6.47. The first-order valence-electron chi connectivity index (χ1n) is 8.16. The van der Waals surface area contributed by atoms with Crippen LogP contribution in [0, 0.1) is 18.3 Å². The number of aromatic amines is 1. The van der Waals surface area contributed by atoms with Crippen molar-refractivity contribution in [2.24, 2.45) is 5.92 Å². The predicted octanol–water partition coefficient (Wildman–Crippen LogP) is 2.52. The molecule has 4 heteroatoms. The maximum Gasteiger partial charge on any atom is 0.238 e. The van der Waals surface area contributed by atoms with Crippen LogP contribution in [0.1, 0.15) is 37.4 Å². The molecule has 1 aromatic carbocycles. The molecule has 23 heavy (non-hydrogen) atoms. The van der Waals surface area contributed by atoms with Crippen molar-refractivity contribution in [3.8, 4) is 12.3 Å². The van der Waals surface area contributed by atoms with Gasteiger partial charge in [-0.2, -0.15) is 0 Å². The molecule has 3 N–H and O–H groups in total. The van der Waals surface area contributed by atoms with Gasteiger partial charge in [0.15, 0.2) is 0 Å². The van der Waals surface area contributed by atoms with Crippen LogP contribution in [0.25, 0.3) is 10.9 Å². The van der Waals surface area contributed by atoms with E-state index in [4.69, 9.17) is 6.42 Å². The molecular weight excluding hydrogens is 286 g/mol. The Morgan fingerprint density at radius 1 is 1.48 bits per heavy atom. The van der Waals surface area contributed by atoms with E-state index in [-0.39, 0.29) is 24.5 Å². The maximum atomic E-state index is 12.5. The van der Waals surface area contributed by atoms with Crippen LogP contribution in [-0.2, 0) is 11.2 Å². The lowest BCUT2D eigenvalue weighted by atomic mass is 9.94. The molecule has 0 fully saturated rings. The summed E-state index contributed by atoms with van der Waals surface area (Å²) in [5.74, 6) is 2.97. The van der Waals surface area contributed by atoms with Gasteiger partial charge >= 0.3 is 0 Å². The van der Waals surface area contributed by atoms with Crippen molar-refractivity contribution in [2.75, 3.05) is 6.54 Å². The minimum atomic E-state index is -0.265. The number of benzene rings is 1. The lowest BCUT2D eigenvalue weighted by Gasteiger charge is -2.24. The molecule has 1 amide bonds. The lowest BCUT2D eigenvalue weighted by molar-refractivity contribution is -0.123. The van der Waals surface area contributed by atoms with Gasteiger partial charge < -0.3 is 10.3 Å². The summed E-state index contributed by atoms with van der Waals surface area (Å²) >= 11 is 0. The Kier molecular flexibility index (Phi) is 4.40. The minimum absolute atomic E-state index is 0.0288. The lowest BCUT2D eigenvalue weighted by Crippen LogP contribution is -2.46. The van der Waals surface area contributed by atoms with E-state index in [0.29, 0.717) is 12.3 Å². The van der Waals surface area contributed by atoms with Gasteiger partial charge in [0.05, 0.1) is 12.6 Å². The Bertz CT molecular complexity index is 754. The number of hydrogen-bond donors (Lipinski definition) is 3. The van der Waals surface area contributed by atoms with Gasteiger partial charge in [-0.05, 0) is 36.0 Å². The Balaban J connectivity index is 1.99. The van der Waals surface area contributed by atoms with Crippen LogP contribution >= 0.6 is 0 Å². The molecule has 1 aliphatic heterocycles. The topological polar surface area (TPSA) is 56.9 Å². The summed E-state index contributed by atoms with van der Waals surface area (Å²) in [6.07, 6.45) is 8.93. The van der Waals surface area contributed by atoms with Crippen LogP contribution in [0.2, 0.25) is 0 Å². The predicted molar refractivity (Wildman–Crippen MR) is 93.0 cm³/mol. The van der Waals surface area contributed by atoms with Gasteiger partial charge in [0.25, 0.3) is 0 Å². The van der Waals surface area contributed by atoms with Crippen LogP contribution in [0.5, 0.6) is 0 Å². The number of amides is 1. The van der Waals surface area contributed by atoms with Crippen molar-refractivity contribution in [1.82, 2.24) is 15.6 Å². The summed E-state index contributed by atoms with van der Waals surface area (Å²) in [4.78, 5) is 15.8. The average Bonchev–Trinajstić information content (AvgIpc) is 2.86. The molecule has 3 rings (SSSR count). The van der Waals surface area contributed by atoms with E-state index >= 15 is 0 Å². The third-order valence-corrected chi connectivity index (χ3v) is 4.41. The fraction of sp³-hybridized carbons (Fsp3) is 0.421. The summed E-state index contributed by atoms with van der Waals surface area (Å²) in [6.45, 7) is 4.68. The number of rotatable bonds is 4. The average molecular weight is 309 g/mol. The molecular formula is C19H23N3O. The highest BCUT2D eigenvalue weighted by Gasteiger charge is 2.29. The van der Waals surface area contributed by atoms with Gasteiger partial charge in [-0.25, -0.2) is 0 Å². The van der Waals surface area contributed by atoms with Crippen LogP contribution in [0.3, 0.4) is 0 Å². The van der Waals surface area contributed by atoms with Gasteiger partial charge in [-0.15, -0.1) is 6.42 Å². The smallest absolute Gasteiger partial charge is 0.238 e. The second-order valence-corrected chi connectivity index (χ2v) is 6.61. The molecule has 0 aliphatic carbocycles. The van der Waals surface area contributed by atoms with E-state index in [9.17, 15) is 4.79 Å². The number of nitrogens with one attached hydrogen (secondary N) is 3. The zero-order valence-corrected chi connectivity index (χ0v) is 13.6. The normalized spacial score (nSPS) is 20.3. The van der Waals surface area contributed by atoms with Crippen LogP contribution in [0.4, 0.5) is 0 Å². The molecule has 4 nitrogen and oxygen atoms in total. The molecule has 2 atom stereocenters. The van der Waals surface area contributed by atoms with Crippen molar-refractivity contribution >= 4 is 16.8 Å². The van der Waals surface area contributed by atoms with E-state index in [1.807, 2.05) is 6.20 Å². The SMILES string of the molecule is C#CCNC(=O)[C@@H]1Cc2c[nH]c3cccc(c23)[C@H](CC(C)C)N1. The van der Waals surface area contributed by atoms with Crippen molar-refractivity contribution < 1.29 is 4.79 Å². The quantitative estimate of drug-likeness (QED) is 0.760. The standard InChI is InChI=1S/C19H23N3O/c1-4-8-20-19(23)17-10-13-11-21-15-7-5-6-14(18(13)15)16(22-17)9-12(2)3/h1,5-7,11-12,16-17,21-22H,8-10H2,2-3H3,(H,20,23)/t16-,17-/m0/s1. The Morgan fingerprint density at radius 2 is 2.30 bits per heavy atom. The molecule has 0 spiro atoms. The molecule has 0 radical (unpaired) electrons. The Hall–Kier alpha value is -2.25. The highest BCUT2D eigenvalue weighted by molar-refractivity contribution is 5.90. The number of carbonyl (C=O) groups excluding carboxylic acids is 1. The largest absolute Gasteiger partial charge is 0.361 e. The monoisotopic (exact) mass is 309 g/mol. The van der Waals surface area contributed by atoms with Gasteiger partial charge in [-0.3, -0.25) is 10.1 Å². The van der Waals surface area contributed by atoms with E-state index in [1.54, 1.807) is 0 Å². The summed E-state index contributed by atoms with van der Waals surface area (Å²) in [7, 11) is 0. The zero-order chi connectivity index (χ0) is 16.4. The van der Waals surface area contributed by atoms with Crippen molar-refractivity contribution in [3.63, 3.8) is 0 Å². The van der Waals surface area contributed by atoms with Gasteiger partial charge in [0, 0.05) is 23.1 Å². The van der Waals surface area contributed by atoms with Crippen LogP contribution < -0.4 is 10.6 Å². The van der Waals surface area contributed by atoms with Crippen molar-refractivity contribution in [1.29, 1.82) is 0 Å². The maximum absolute atomic E-state index is 12.5. The second-order valence-electron chi connectivity index (χ2n) is 6.61. The minimum Gasteiger partial charge on any atom is -0.361 e. The molecule has 1 aromatic heterocycles. The summed E-state index contributed by atoms with van der Waals surface area (Å²) in [6, 6.07) is 6.23.